The Morgan fingerprint density at radius 3 is 2.83 bits per heavy atom. The van der Waals surface area contributed by atoms with Crippen molar-refractivity contribution in [3.8, 4) is 0 Å². The Labute approximate surface area is 76.7 Å². The fourth-order valence-corrected chi connectivity index (χ4v) is 1.86. The van der Waals surface area contributed by atoms with E-state index in [2.05, 4.69) is 4.98 Å². The molecule has 0 saturated heterocycles. The van der Waals surface area contributed by atoms with E-state index in [9.17, 15) is 0 Å². The second kappa shape index (κ2) is 2.71. The first-order valence-corrected chi connectivity index (χ1v) is 4.46. The largest absolute Gasteiger partial charge is 0.330 e. The van der Waals surface area contributed by atoms with Crippen molar-refractivity contribution in [2.24, 2.45) is 5.73 Å². The van der Waals surface area contributed by atoms with E-state index in [0.29, 0.717) is 6.54 Å². The van der Waals surface area contributed by atoms with Crippen molar-refractivity contribution in [3.63, 3.8) is 0 Å². The molecule has 0 aromatic carbocycles. The molecule has 0 radical (unpaired) electrons. The number of hydrogen-bond donors (Lipinski definition) is 1. The molecule has 3 heteroatoms. The normalized spacial score (nSPS) is 19.2. The molecule has 1 aromatic heterocycles. The third-order valence-corrected chi connectivity index (χ3v) is 2.89. The van der Waals surface area contributed by atoms with E-state index in [1.807, 2.05) is 6.07 Å². The molecule has 2 nitrogen and oxygen atoms in total. The number of aromatic nitrogens is 1. The van der Waals surface area contributed by atoms with E-state index in [1.165, 1.54) is 5.56 Å². The van der Waals surface area contributed by atoms with E-state index >= 15 is 0 Å². The Balaban J connectivity index is 2.40. The summed E-state index contributed by atoms with van der Waals surface area (Å²) in [6.45, 7) is 0.691. The van der Waals surface area contributed by atoms with Gasteiger partial charge >= 0.3 is 0 Å². The summed E-state index contributed by atoms with van der Waals surface area (Å²) in [5, 5.41) is 0.750. The van der Waals surface area contributed by atoms with Gasteiger partial charge in [-0.1, -0.05) is 11.6 Å². The van der Waals surface area contributed by atoms with E-state index in [0.717, 1.165) is 17.9 Å². The van der Waals surface area contributed by atoms with Gasteiger partial charge in [0.15, 0.2) is 0 Å². The van der Waals surface area contributed by atoms with Gasteiger partial charge in [-0.2, -0.15) is 0 Å². The third-order valence-electron chi connectivity index (χ3n) is 2.59. The molecular formula is C9H11ClN2. The lowest BCUT2D eigenvalue weighted by Crippen LogP contribution is -2.20. The minimum atomic E-state index is 0.181. The molecule has 1 aliphatic carbocycles. The number of hydrogen-bond acceptors (Lipinski definition) is 2. The van der Waals surface area contributed by atoms with Crippen LogP contribution in [0.4, 0.5) is 0 Å². The van der Waals surface area contributed by atoms with Crippen LogP contribution in [0.25, 0.3) is 0 Å². The van der Waals surface area contributed by atoms with Gasteiger partial charge in [-0.3, -0.25) is 4.98 Å². The third kappa shape index (κ3) is 1.11. The second-order valence-electron chi connectivity index (χ2n) is 3.34. The van der Waals surface area contributed by atoms with Crippen LogP contribution in [0.15, 0.2) is 18.5 Å². The summed E-state index contributed by atoms with van der Waals surface area (Å²) in [6, 6.07) is 1.97. The minimum absolute atomic E-state index is 0.181. The molecule has 0 amide bonds. The summed E-state index contributed by atoms with van der Waals surface area (Å²) < 4.78 is 0. The predicted octanol–water partition coefficient (Wildman–Crippen LogP) is 1.73. The van der Waals surface area contributed by atoms with Gasteiger partial charge in [0.1, 0.15) is 0 Å². The Morgan fingerprint density at radius 1 is 1.58 bits per heavy atom. The van der Waals surface area contributed by atoms with Gasteiger partial charge in [0.2, 0.25) is 0 Å². The SMILES string of the molecule is NCC1(c2ccncc2Cl)CC1. The standard InChI is InChI=1S/C9H11ClN2/c10-8-5-12-4-1-7(8)9(6-11)2-3-9/h1,4-5H,2-3,6,11H2. The van der Waals surface area contributed by atoms with Crippen LogP contribution >= 0.6 is 11.6 Å². The second-order valence-corrected chi connectivity index (χ2v) is 3.75. The predicted molar refractivity (Wildman–Crippen MR) is 49.2 cm³/mol. The zero-order valence-electron chi connectivity index (χ0n) is 6.76. The molecule has 1 aromatic rings. The topological polar surface area (TPSA) is 38.9 Å². The summed E-state index contributed by atoms with van der Waals surface area (Å²) in [5.41, 5.74) is 7.04. The van der Waals surface area contributed by atoms with Crippen molar-refractivity contribution in [2.45, 2.75) is 18.3 Å². The smallest absolute Gasteiger partial charge is 0.0627 e. The fraction of sp³-hybridized carbons (Fsp3) is 0.444. The lowest BCUT2D eigenvalue weighted by Gasteiger charge is -2.13. The highest BCUT2D eigenvalue weighted by Crippen LogP contribution is 2.49. The summed E-state index contributed by atoms with van der Waals surface area (Å²) in [4.78, 5) is 3.95. The van der Waals surface area contributed by atoms with Gasteiger partial charge in [-0.25, -0.2) is 0 Å². The molecule has 1 aliphatic rings. The Morgan fingerprint density at radius 2 is 2.33 bits per heavy atom. The van der Waals surface area contributed by atoms with Gasteiger partial charge in [-0.15, -0.1) is 0 Å². The van der Waals surface area contributed by atoms with Gasteiger partial charge in [-0.05, 0) is 24.5 Å². The van der Waals surface area contributed by atoms with Crippen molar-refractivity contribution < 1.29 is 0 Å². The van der Waals surface area contributed by atoms with Gasteiger partial charge in [0.25, 0.3) is 0 Å². The van der Waals surface area contributed by atoms with Crippen LogP contribution in [0.3, 0.4) is 0 Å². The van der Waals surface area contributed by atoms with Gasteiger partial charge in [0.05, 0.1) is 5.02 Å². The van der Waals surface area contributed by atoms with E-state index < -0.39 is 0 Å². The number of nitrogens with zero attached hydrogens (tertiary/aromatic N) is 1. The number of halogens is 1. The molecule has 2 N–H and O–H groups in total. The van der Waals surface area contributed by atoms with Crippen LogP contribution in [-0.2, 0) is 5.41 Å². The first-order valence-electron chi connectivity index (χ1n) is 4.08. The first-order chi connectivity index (χ1) is 5.78. The van der Waals surface area contributed by atoms with Gasteiger partial charge in [0, 0.05) is 24.4 Å². The molecule has 1 heterocycles. The minimum Gasteiger partial charge on any atom is -0.330 e. The highest BCUT2D eigenvalue weighted by molar-refractivity contribution is 6.31. The lowest BCUT2D eigenvalue weighted by atomic mass is 9.97. The van der Waals surface area contributed by atoms with Crippen molar-refractivity contribution in [1.82, 2.24) is 4.98 Å². The maximum absolute atomic E-state index is 6.01. The number of rotatable bonds is 2. The van der Waals surface area contributed by atoms with Crippen molar-refractivity contribution in [1.29, 1.82) is 0 Å². The molecule has 0 unspecified atom stereocenters. The van der Waals surface area contributed by atoms with Crippen molar-refractivity contribution >= 4 is 11.6 Å². The summed E-state index contributed by atoms with van der Waals surface area (Å²) in [5.74, 6) is 0. The first kappa shape index (κ1) is 8.02. The van der Waals surface area contributed by atoms with Crippen LogP contribution in [0.2, 0.25) is 5.02 Å². The molecule has 1 saturated carbocycles. The average Bonchev–Trinajstić information content (AvgIpc) is 2.86. The summed E-state index contributed by atoms with van der Waals surface area (Å²) >= 11 is 6.01. The maximum atomic E-state index is 6.01. The summed E-state index contributed by atoms with van der Waals surface area (Å²) in [7, 11) is 0. The molecule has 0 bridgehead atoms. The van der Waals surface area contributed by atoms with Crippen LogP contribution in [0, 0.1) is 0 Å². The number of nitrogens with two attached hydrogens (primary N) is 1. The summed E-state index contributed by atoms with van der Waals surface area (Å²) in [6.07, 6.45) is 5.78. The quantitative estimate of drug-likeness (QED) is 0.757. The highest BCUT2D eigenvalue weighted by atomic mass is 35.5. The average molecular weight is 183 g/mol. The van der Waals surface area contributed by atoms with Crippen LogP contribution in [0.1, 0.15) is 18.4 Å². The molecule has 12 heavy (non-hydrogen) atoms. The van der Waals surface area contributed by atoms with E-state index in [-0.39, 0.29) is 5.41 Å². The molecule has 0 spiro atoms. The van der Waals surface area contributed by atoms with E-state index in [4.69, 9.17) is 17.3 Å². The highest BCUT2D eigenvalue weighted by Gasteiger charge is 2.44. The van der Waals surface area contributed by atoms with Gasteiger partial charge < -0.3 is 5.73 Å². The molecule has 0 atom stereocenters. The Bertz CT molecular complexity index is 294. The molecule has 1 fully saturated rings. The van der Waals surface area contributed by atoms with Crippen molar-refractivity contribution in [3.05, 3.63) is 29.0 Å². The Kier molecular flexibility index (Phi) is 1.81. The van der Waals surface area contributed by atoms with Crippen LogP contribution in [0.5, 0.6) is 0 Å². The fourth-order valence-electron chi connectivity index (χ4n) is 1.54. The zero-order valence-corrected chi connectivity index (χ0v) is 7.51. The molecule has 64 valence electrons. The van der Waals surface area contributed by atoms with Crippen molar-refractivity contribution in [2.75, 3.05) is 6.54 Å². The monoisotopic (exact) mass is 182 g/mol. The lowest BCUT2D eigenvalue weighted by molar-refractivity contribution is 0.703. The molecule has 0 aliphatic heterocycles. The van der Waals surface area contributed by atoms with Crippen LogP contribution in [-0.4, -0.2) is 11.5 Å². The zero-order chi connectivity index (χ0) is 8.60. The number of pyridine rings is 1. The van der Waals surface area contributed by atoms with E-state index in [1.54, 1.807) is 12.4 Å². The van der Waals surface area contributed by atoms with Crippen LogP contribution < -0.4 is 5.73 Å². The maximum Gasteiger partial charge on any atom is 0.0627 e. The Hall–Kier alpha value is -0.600. The molecule has 2 rings (SSSR count). The molecular weight excluding hydrogens is 172 g/mol.